The van der Waals surface area contributed by atoms with E-state index in [0.29, 0.717) is 17.5 Å². The van der Waals surface area contributed by atoms with Crippen LogP contribution in [-0.4, -0.2) is 29.7 Å². The highest BCUT2D eigenvalue weighted by atomic mass is 35.5. The maximum absolute atomic E-state index is 7.31. The van der Waals surface area contributed by atoms with Crippen molar-refractivity contribution in [3.63, 3.8) is 0 Å². The third-order valence-corrected chi connectivity index (χ3v) is 3.51. The number of ether oxygens (including phenoxy) is 1. The Morgan fingerprint density at radius 3 is 2.94 bits per heavy atom. The molecule has 0 spiro atoms. The van der Waals surface area contributed by atoms with Crippen molar-refractivity contribution in [2.24, 2.45) is 16.5 Å². The summed E-state index contributed by atoms with van der Waals surface area (Å²) in [5.74, 6) is 1.94. The van der Waals surface area contributed by atoms with Gasteiger partial charge in [-0.3, -0.25) is 5.41 Å². The van der Waals surface area contributed by atoms with Crippen molar-refractivity contribution in [2.75, 3.05) is 12.9 Å². The van der Waals surface area contributed by atoms with E-state index in [1.807, 2.05) is 5.38 Å². The van der Waals surface area contributed by atoms with Crippen LogP contribution >= 0.6 is 35.5 Å². The number of nitrogens with one attached hydrogen (secondary N) is 1. The minimum Gasteiger partial charge on any atom is -0.484 e. The second-order valence-corrected chi connectivity index (χ2v) is 5.03. The van der Waals surface area contributed by atoms with Crippen LogP contribution in [0, 0.1) is 5.41 Å². The van der Waals surface area contributed by atoms with Gasteiger partial charge in [0.1, 0.15) is 0 Å². The van der Waals surface area contributed by atoms with E-state index in [4.69, 9.17) is 21.6 Å². The van der Waals surface area contributed by atoms with Gasteiger partial charge in [-0.05, 0) is 0 Å². The first-order valence-electron chi connectivity index (χ1n) is 4.85. The lowest BCUT2D eigenvalue weighted by Crippen LogP contribution is -2.21. The molecule has 0 saturated heterocycles. The number of methoxy groups -OCH3 is 1. The molecule has 0 amide bonds. The van der Waals surface area contributed by atoms with Crippen molar-refractivity contribution in [1.29, 1.82) is 5.41 Å². The predicted molar refractivity (Wildman–Crippen MR) is 80.3 cm³/mol. The number of hydrogen-bond acceptors (Lipinski definition) is 6. The van der Waals surface area contributed by atoms with Gasteiger partial charge in [0, 0.05) is 23.3 Å². The summed E-state index contributed by atoms with van der Waals surface area (Å²) in [6, 6.07) is 0. The van der Waals surface area contributed by atoms with Crippen molar-refractivity contribution in [2.45, 2.75) is 12.2 Å². The lowest BCUT2D eigenvalue weighted by molar-refractivity contribution is 0.389. The topological polar surface area (TPSA) is 110 Å². The maximum Gasteiger partial charge on any atom is 0.212 e. The number of aliphatic imine (C=N–C) groups is 1. The second kappa shape index (κ2) is 9.01. The molecule has 9 heteroatoms. The highest BCUT2D eigenvalue weighted by Crippen LogP contribution is 2.21. The fourth-order valence-corrected chi connectivity index (χ4v) is 2.61. The molecule has 1 aromatic rings. The summed E-state index contributed by atoms with van der Waals surface area (Å²) in [5.41, 5.74) is 11.5. The summed E-state index contributed by atoms with van der Waals surface area (Å²) in [7, 11) is 1.51. The van der Waals surface area contributed by atoms with Crippen LogP contribution in [0.25, 0.3) is 0 Å². The Balaban J connectivity index is 0.00000289. The van der Waals surface area contributed by atoms with Crippen molar-refractivity contribution in [1.82, 2.24) is 4.98 Å². The normalized spacial score (nSPS) is 9.39. The third-order valence-electron chi connectivity index (χ3n) is 1.73. The molecule has 0 saturated carbocycles. The van der Waals surface area contributed by atoms with Crippen molar-refractivity contribution < 1.29 is 4.74 Å². The van der Waals surface area contributed by atoms with Gasteiger partial charge in [0.2, 0.25) is 5.13 Å². The number of aromatic nitrogens is 1. The molecule has 0 aromatic carbocycles. The fourth-order valence-electron chi connectivity index (χ4n) is 0.968. The minimum atomic E-state index is 0. The van der Waals surface area contributed by atoms with Gasteiger partial charge in [-0.25, -0.2) is 4.98 Å². The van der Waals surface area contributed by atoms with E-state index in [0.717, 1.165) is 17.2 Å². The van der Waals surface area contributed by atoms with Gasteiger partial charge < -0.3 is 16.2 Å². The molecule has 0 bridgehead atoms. The first-order valence-corrected chi connectivity index (χ1v) is 6.88. The van der Waals surface area contributed by atoms with Gasteiger partial charge in [-0.1, -0.05) is 0 Å². The summed E-state index contributed by atoms with van der Waals surface area (Å²) in [5, 5.41) is 9.81. The lowest BCUT2D eigenvalue weighted by atomic mass is 10.5. The number of thiazole rings is 1. The van der Waals surface area contributed by atoms with Gasteiger partial charge in [0.05, 0.1) is 12.8 Å². The molecule has 0 aliphatic rings. The molecule has 0 aliphatic carbocycles. The van der Waals surface area contributed by atoms with E-state index in [-0.39, 0.29) is 18.4 Å². The van der Waals surface area contributed by atoms with E-state index in [2.05, 4.69) is 9.98 Å². The van der Waals surface area contributed by atoms with Crippen LogP contribution in [0.3, 0.4) is 0 Å². The maximum atomic E-state index is 7.31. The molecule has 1 aromatic heterocycles. The molecule has 5 N–H and O–H groups in total. The molecule has 1 rings (SSSR count). The zero-order chi connectivity index (χ0) is 12.7. The number of thioether (sulfide) groups is 1. The van der Waals surface area contributed by atoms with Gasteiger partial charge in [-0.2, -0.15) is 16.8 Å². The van der Waals surface area contributed by atoms with Gasteiger partial charge in [0.15, 0.2) is 11.9 Å². The Morgan fingerprint density at radius 2 is 2.33 bits per heavy atom. The minimum absolute atomic E-state index is 0. The highest BCUT2D eigenvalue weighted by molar-refractivity contribution is 7.98. The Labute approximate surface area is 120 Å². The van der Waals surface area contributed by atoms with Gasteiger partial charge >= 0.3 is 0 Å². The second-order valence-electron chi connectivity index (χ2n) is 3.09. The van der Waals surface area contributed by atoms with Crippen molar-refractivity contribution >= 4 is 52.5 Å². The Hall–Kier alpha value is -0.990. The average molecular weight is 310 g/mol. The number of rotatable bonds is 6. The zero-order valence-corrected chi connectivity index (χ0v) is 12.3. The summed E-state index contributed by atoms with van der Waals surface area (Å²) in [6.07, 6.45) is 0.631. The smallest absolute Gasteiger partial charge is 0.212 e. The summed E-state index contributed by atoms with van der Waals surface area (Å²) in [6.45, 7) is 0. The van der Waals surface area contributed by atoms with Gasteiger partial charge in [0.25, 0.3) is 0 Å². The average Bonchev–Trinajstić information content (AvgIpc) is 2.70. The molecule has 0 fully saturated rings. The van der Waals surface area contributed by atoms with Crippen LogP contribution in [0.5, 0.6) is 0 Å². The quantitative estimate of drug-likeness (QED) is 0.421. The lowest BCUT2D eigenvalue weighted by Gasteiger charge is -2.00. The van der Waals surface area contributed by atoms with Crippen LogP contribution < -0.4 is 11.5 Å². The van der Waals surface area contributed by atoms with Crippen LogP contribution in [0.1, 0.15) is 12.1 Å². The van der Waals surface area contributed by atoms with E-state index >= 15 is 0 Å². The fraction of sp³-hybridized carbons (Fsp3) is 0.444. The number of hydrogen-bond donors (Lipinski definition) is 3. The Morgan fingerprint density at radius 1 is 1.61 bits per heavy atom. The largest absolute Gasteiger partial charge is 0.484 e. The zero-order valence-electron chi connectivity index (χ0n) is 9.88. The molecule has 6 nitrogen and oxygen atoms in total. The predicted octanol–water partition coefficient (Wildman–Crippen LogP) is 1.72. The SMILES string of the molecule is COC(=N)CCSCc1csc(N=C(N)N)n1.Cl. The number of nitrogens with zero attached hydrogens (tertiary/aromatic N) is 2. The molecule has 0 aliphatic heterocycles. The monoisotopic (exact) mass is 309 g/mol. The van der Waals surface area contributed by atoms with Crippen LogP contribution in [0.15, 0.2) is 10.4 Å². The first kappa shape index (κ1) is 17.0. The molecular weight excluding hydrogens is 294 g/mol. The van der Waals surface area contributed by atoms with Crippen LogP contribution in [0.4, 0.5) is 5.13 Å². The molecule has 0 atom stereocenters. The third kappa shape index (κ3) is 6.67. The van der Waals surface area contributed by atoms with E-state index in [1.54, 1.807) is 11.8 Å². The standard InChI is InChI=1S/C9H15N5OS2.ClH/c1-15-7(10)2-3-16-4-6-5-17-9(13-6)14-8(11)12;/h5,10H,2-4H2,1H3,(H4,11,12,13,14);1H. The molecular formula is C9H16ClN5OS2. The van der Waals surface area contributed by atoms with Crippen molar-refractivity contribution in [3.05, 3.63) is 11.1 Å². The van der Waals surface area contributed by atoms with Crippen LogP contribution in [0.2, 0.25) is 0 Å². The van der Waals surface area contributed by atoms with Gasteiger partial charge in [-0.15, -0.1) is 23.7 Å². The Kier molecular flexibility index (Phi) is 8.51. The Bertz CT molecular complexity index is 405. The molecule has 1 heterocycles. The molecule has 0 radical (unpaired) electrons. The summed E-state index contributed by atoms with van der Waals surface area (Å²) in [4.78, 5) is 8.12. The summed E-state index contributed by atoms with van der Waals surface area (Å²) >= 11 is 3.10. The highest BCUT2D eigenvalue weighted by Gasteiger charge is 2.02. The van der Waals surface area contributed by atoms with E-state index in [9.17, 15) is 0 Å². The first-order chi connectivity index (χ1) is 8.11. The molecule has 102 valence electrons. The number of halogens is 1. The van der Waals surface area contributed by atoms with Crippen LogP contribution in [-0.2, 0) is 10.5 Å². The van der Waals surface area contributed by atoms with Crippen molar-refractivity contribution in [3.8, 4) is 0 Å². The van der Waals surface area contributed by atoms with E-state index < -0.39 is 0 Å². The van der Waals surface area contributed by atoms with E-state index in [1.165, 1.54) is 18.4 Å². The molecule has 0 unspecified atom stereocenters. The summed E-state index contributed by atoms with van der Waals surface area (Å²) < 4.78 is 4.76. The molecule has 18 heavy (non-hydrogen) atoms. The number of guanidine groups is 1. The number of nitrogens with two attached hydrogens (primary N) is 2.